The van der Waals surface area contributed by atoms with Gasteiger partial charge in [0.2, 0.25) is 0 Å². The van der Waals surface area contributed by atoms with E-state index in [-0.39, 0.29) is 0 Å². The van der Waals surface area contributed by atoms with Crippen molar-refractivity contribution >= 4 is 11.9 Å². The molecule has 0 heterocycles. The number of halogens is 2. The summed E-state index contributed by atoms with van der Waals surface area (Å²) >= 11 is 0. The molecule has 0 bridgehead atoms. The number of rotatable bonds is 3. The van der Waals surface area contributed by atoms with Gasteiger partial charge in [-0.3, -0.25) is 0 Å². The molecule has 1 aromatic rings. The monoisotopic (exact) mass is 232 g/mol. The van der Waals surface area contributed by atoms with Crippen molar-refractivity contribution in [2.45, 2.75) is 6.10 Å². The van der Waals surface area contributed by atoms with Crippen molar-refractivity contribution in [1.82, 2.24) is 0 Å². The summed E-state index contributed by atoms with van der Waals surface area (Å²) in [6.07, 6.45) is -2.24. The van der Waals surface area contributed by atoms with E-state index in [0.29, 0.717) is 12.1 Å². The second kappa shape index (κ2) is 4.23. The molecule has 86 valence electrons. The van der Waals surface area contributed by atoms with Crippen LogP contribution in [0.4, 0.5) is 8.78 Å². The summed E-state index contributed by atoms with van der Waals surface area (Å²) in [6.45, 7) is 0. The van der Waals surface area contributed by atoms with Gasteiger partial charge < -0.3 is 15.3 Å². The number of aliphatic carboxylic acids is 1. The van der Waals surface area contributed by atoms with Crippen LogP contribution in [-0.4, -0.2) is 27.3 Å². The van der Waals surface area contributed by atoms with Crippen LogP contribution in [0.2, 0.25) is 0 Å². The highest BCUT2D eigenvalue weighted by atomic mass is 19.2. The van der Waals surface area contributed by atoms with E-state index < -0.39 is 40.8 Å². The van der Waals surface area contributed by atoms with Crippen molar-refractivity contribution in [2.24, 2.45) is 0 Å². The summed E-state index contributed by atoms with van der Waals surface area (Å²) in [4.78, 5) is 20.7. The number of carboxylic acids is 2. The van der Waals surface area contributed by atoms with E-state index in [9.17, 15) is 18.4 Å². The third kappa shape index (κ3) is 1.98. The predicted octanol–water partition coefficient (Wildman–Crippen LogP) is 0.781. The molecular formula is C9H6F2O5. The minimum Gasteiger partial charge on any atom is -0.479 e. The van der Waals surface area contributed by atoms with Crippen molar-refractivity contribution in [3.05, 3.63) is 34.9 Å². The van der Waals surface area contributed by atoms with E-state index in [4.69, 9.17) is 15.3 Å². The quantitative estimate of drug-likeness (QED) is 0.715. The Labute approximate surface area is 87.6 Å². The molecule has 0 saturated carbocycles. The van der Waals surface area contributed by atoms with Gasteiger partial charge >= 0.3 is 11.9 Å². The first-order chi connectivity index (χ1) is 7.36. The number of aromatic carboxylic acids is 1. The Morgan fingerprint density at radius 2 is 1.69 bits per heavy atom. The van der Waals surface area contributed by atoms with Gasteiger partial charge in [0, 0.05) is 5.56 Å². The zero-order valence-electron chi connectivity index (χ0n) is 7.65. The molecular weight excluding hydrogens is 226 g/mol. The Bertz CT molecular complexity index is 457. The zero-order chi connectivity index (χ0) is 12.5. The zero-order valence-corrected chi connectivity index (χ0v) is 7.65. The van der Waals surface area contributed by atoms with Crippen molar-refractivity contribution < 1.29 is 33.7 Å². The minimum atomic E-state index is -2.24. The third-order valence-corrected chi connectivity index (χ3v) is 1.87. The van der Waals surface area contributed by atoms with Crippen LogP contribution in [0.5, 0.6) is 0 Å². The largest absolute Gasteiger partial charge is 0.479 e. The molecule has 1 rings (SSSR count). The molecule has 1 atom stereocenters. The summed E-state index contributed by atoms with van der Waals surface area (Å²) in [5.74, 6) is -6.84. The summed E-state index contributed by atoms with van der Waals surface area (Å²) in [5, 5.41) is 25.8. The molecule has 0 amide bonds. The number of aliphatic hydroxyl groups is 1. The number of carbonyl (C=O) groups is 2. The van der Waals surface area contributed by atoms with Gasteiger partial charge in [-0.05, 0) is 6.07 Å². The highest BCUT2D eigenvalue weighted by molar-refractivity contribution is 5.88. The highest BCUT2D eigenvalue weighted by Gasteiger charge is 2.25. The first kappa shape index (κ1) is 12.1. The lowest BCUT2D eigenvalue weighted by Crippen LogP contribution is -2.14. The fraction of sp³-hybridized carbons (Fsp3) is 0.111. The minimum absolute atomic E-state index is 0.683. The second-order valence-corrected chi connectivity index (χ2v) is 2.88. The lowest BCUT2D eigenvalue weighted by atomic mass is 10.1. The molecule has 0 aliphatic rings. The van der Waals surface area contributed by atoms with Gasteiger partial charge in [-0.2, -0.15) is 0 Å². The molecule has 5 nitrogen and oxygen atoms in total. The maximum atomic E-state index is 13.2. The topological polar surface area (TPSA) is 94.8 Å². The fourth-order valence-electron chi connectivity index (χ4n) is 1.07. The number of carboxylic acid groups (broad SMARTS) is 2. The van der Waals surface area contributed by atoms with Gasteiger partial charge in [0.1, 0.15) is 0 Å². The molecule has 0 spiro atoms. The predicted molar refractivity (Wildman–Crippen MR) is 45.9 cm³/mol. The first-order valence-corrected chi connectivity index (χ1v) is 3.98. The van der Waals surface area contributed by atoms with E-state index in [0.717, 1.165) is 0 Å². The molecule has 1 unspecified atom stereocenters. The average Bonchev–Trinajstić information content (AvgIpc) is 2.20. The Kier molecular flexibility index (Phi) is 3.19. The molecule has 0 radical (unpaired) electrons. The molecule has 0 fully saturated rings. The number of aliphatic hydroxyl groups excluding tert-OH is 1. The Balaban J connectivity index is 3.32. The number of hydrogen-bond donors (Lipinski definition) is 3. The maximum absolute atomic E-state index is 13.2. The van der Waals surface area contributed by atoms with Crippen LogP contribution in [0.3, 0.4) is 0 Å². The normalized spacial score (nSPS) is 12.2. The van der Waals surface area contributed by atoms with Gasteiger partial charge in [0.05, 0.1) is 5.56 Å². The lowest BCUT2D eigenvalue weighted by molar-refractivity contribution is -0.147. The average molecular weight is 232 g/mol. The summed E-state index contributed by atoms with van der Waals surface area (Å²) in [6, 6.07) is 1.39. The van der Waals surface area contributed by atoms with E-state index in [2.05, 4.69) is 0 Å². The van der Waals surface area contributed by atoms with Crippen LogP contribution in [0.25, 0.3) is 0 Å². The van der Waals surface area contributed by atoms with Crippen LogP contribution >= 0.6 is 0 Å². The lowest BCUT2D eigenvalue weighted by Gasteiger charge is -2.08. The number of hydrogen-bond acceptors (Lipinski definition) is 3. The summed E-state index contributed by atoms with van der Waals surface area (Å²) in [5.41, 5.74) is -1.76. The maximum Gasteiger partial charge on any atom is 0.338 e. The van der Waals surface area contributed by atoms with Gasteiger partial charge in [-0.15, -0.1) is 0 Å². The summed E-state index contributed by atoms with van der Waals surface area (Å²) in [7, 11) is 0. The van der Waals surface area contributed by atoms with Crippen molar-refractivity contribution in [3.8, 4) is 0 Å². The van der Waals surface area contributed by atoms with Gasteiger partial charge in [-0.1, -0.05) is 6.07 Å². The molecule has 0 aliphatic heterocycles. The molecule has 0 aromatic heterocycles. The Morgan fingerprint density at radius 1 is 1.12 bits per heavy atom. The molecule has 3 N–H and O–H groups in total. The molecule has 7 heteroatoms. The van der Waals surface area contributed by atoms with Crippen LogP contribution in [0.15, 0.2) is 12.1 Å². The van der Waals surface area contributed by atoms with Crippen molar-refractivity contribution in [2.75, 3.05) is 0 Å². The molecule has 16 heavy (non-hydrogen) atoms. The molecule has 0 saturated heterocycles. The van der Waals surface area contributed by atoms with Gasteiger partial charge in [0.15, 0.2) is 17.7 Å². The van der Waals surface area contributed by atoms with Crippen LogP contribution in [0.1, 0.15) is 22.0 Å². The SMILES string of the molecule is O=C(O)c1ccc(C(O)C(=O)O)c(F)c1F. The second-order valence-electron chi connectivity index (χ2n) is 2.88. The summed E-state index contributed by atoms with van der Waals surface area (Å²) < 4.78 is 26.2. The first-order valence-electron chi connectivity index (χ1n) is 3.98. The van der Waals surface area contributed by atoms with Crippen molar-refractivity contribution in [3.63, 3.8) is 0 Å². The standard InChI is InChI=1S/C9H6F2O5/c10-5-3(7(12)9(15)16)1-2-4(6(5)11)8(13)14/h1-2,7,12H,(H,13,14)(H,15,16). The fourth-order valence-corrected chi connectivity index (χ4v) is 1.07. The Hall–Kier alpha value is -2.02. The van der Waals surface area contributed by atoms with E-state index in [1.54, 1.807) is 0 Å². The smallest absolute Gasteiger partial charge is 0.338 e. The highest BCUT2D eigenvalue weighted by Crippen LogP contribution is 2.22. The van der Waals surface area contributed by atoms with E-state index >= 15 is 0 Å². The van der Waals surface area contributed by atoms with Crippen LogP contribution < -0.4 is 0 Å². The third-order valence-electron chi connectivity index (χ3n) is 1.87. The van der Waals surface area contributed by atoms with Crippen LogP contribution in [-0.2, 0) is 4.79 Å². The molecule has 0 aliphatic carbocycles. The van der Waals surface area contributed by atoms with Crippen molar-refractivity contribution in [1.29, 1.82) is 0 Å². The molecule has 1 aromatic carbocycles. The number of benzene rings is 1. The van der Waals surface area contributed by atoms with E-state index in [1.807, 2.05) is 0 Å². The van der Waals surface area contributed by atoms with Crippen LogP contribution in [0, 0.1) is 11.6 Å². The van der Waals surface area contributed by atoms with Gasteiger partial charge in [0.25, 0.3) is 0 Å². The van der Waals surface area contributed by atoms with Gasteiger partial charge in [-0.25, -0.2) is 18.4 Å². The van der Waals surface area contributed by atoms with E-state index in [1.165, 1.54) is 0 Å². The Morgan fingerprint density at radius 3 is 2.12 bits per heavy atom.